The van der Waals surface area contributed by atoms with Gasteiger partial charge in [0.2, 0.25) is 0 Å². The zero-order valence-corrected chi connectivity index (χ0v) is 4.94. The molecule has 1 saturated carbocycles. The summed E-state index contributed by atoms with van der Waals surface area (Å²) in [4.78, 5) is 0. The van der Waals surface area contributed by atoms with Crippen LogP contribution in [0, 0.1) is 18.8 Å². The standard InChI is InChI=1S/C5H9.Co/c1-4-3-5(4)2;/h4-5H,1,3H2,2H3;/q-1;/t4-,5-;/m0./s1. The van der Waals surface area contributed by atoms with Gasteiger partial charge in [0.05, 0.1) is 0 Å². The van der Waals surface area contributed by atoms with Gasteiger partial charge in [-0.25, -0.2) is 0 Å². The van der Waals surface area contributed by atoms with Crippen molar-refractivity contribution in [2.45, 2.75) is 13.3 Å². The quantitative estimate of drug-likeness (QED) is 0.433. The van der Waals surface area contributed by atoms with E-state index in [0.29, 0.717) is 0 Å². The second-order valence-electron chi connectivity index (χ2n) is 1.97. The molecule has 0 N–H and O–H groups in total. The summed E-state index contributed by atoms with van der Waals surface area (Å²) in [6.45, 7) is 6.06. The topological polar surface area (TPSA) is 0 Å². The van der Waals surface area contributed by atoms with E-state index in [0.717, 1.165) is 11.8 Å². The zero-order valence-electron chi connectivity index (χ0n) is 3.90. The fourth-order valence-corrected chi connectivity index (χ4v) is 0.399. The van der Waals surface area contributed by atoms with Gasteiger partial charge in [-0.05, 0) is 0 Å². The van der Waals surface area contributed by atoms with E-state index in [1.807, 2.05) is 0 Å². The Kier molecular flexibility index (Phi) is 2.15. The maximum absolute atomic E-state index is 3.83. The van der Waals surface area contributed by atoms with Crippen LogP contribution >= 0.6 is 0 Å². The molecule has 0 aromatic carbocycles. The Labute approximate surface area is 49.5 Å². The molecule has 0 unspecified atom stereocenters. The summed E-state index contributed by atoms with van der Waals surface area (Å²) in [5.74, 6) is 1.74. The number of hydrogen-bond donors (Lipinski definition) is 0. The van der Waals surface area contributed by atoms with E-state index in [1.54, 1.807) is 0 Å². The van der Waals surface area contributed by atoms with E-state index in [9.17, 15) is 0 Å². The summed E-state index contributed by atoms with van der Waals surface area (Å²) in [7, 11) is 0. The van der Waals surface area contributed by atoms with Gasteiger partial charge < -0.3 is 6.92 Å². The molecule has 1 rings (SSSR count). The van der Waals surface area contributed by atoms with Crippen LogP contribution in [0.1, 0.15) is 13.3 Å². The van der Waals surface area contributed by atoms with E-state index in [1.165, 1.54) is 6.42 Å². The summed E-state index contributed by atoms with van der Waals surface area (Å²) >= 11 is 0. The molecule has 0 aromatic heterocycles. The normalized spacial score (nSPS) is 41.0. The van der Waals surface area contributed by atoms with Crippen molar-refractivity contribution < 1.29 is 16.8 Å². The van der Waals surface area contributed by atoms with E-state index in [2.05, 4.69) is 13.8 Å². The van der Waals surface area contributed by atoms with Crippen LogP contribution in [0.4, 0.5) is 0 Å². The molecule has 0 bridgehead atoms. The van der Waals surface area contributed by atoms with Gasteiger partial charge in [-0.3, -0.25) is 0 Å². The van der Waals surface area contributed by atoms with E-state index >= 15 is 0 Å². The number of rotatable bonds is 0. The van der Waals surface area contributed by atoms with E-state index < -0.39 is 0 Å². The molecule has 1 radical (unpaired) electrons. The predicted octanol–water partition coefficient (Wildman–Crippen LogP) is 1.47. The fraction of sp³-hybridized carbons (Fsp3) is 0.800. The minimum atomic E-state index is 0. The van der Waals surface area contributed by atoms with Gasteiger partial charge in [-0.1, -0.05) is 19.3 Å². The Bertz CT molecular complexity index is 37.2. The van der Waals surface area contributed by atoms with E-state index in [-0.39, 0.29) is 16.8 Å². The Morgan fingerprint density at radius 1 is 1.67 bits per heavy atom. The van der Waals surface area contributed by atoms with Gasteiger partial charge in [0.15, 0.2) is 0 Å². The van der Waals surface area contributed by atoms with Crippen molar-refractivity contribution in [3.8, 4) is 0 Å². The van der Waals surface area contributed by atoms with Gasteiger partial charge in [0, 0.05) is 16.8 Å². The molecule has 1 aliphatic rings. The van der Waals surface area contributed by atoms with Crippen molar-refractivity contribution in [3.05, 3.63) is 6.92 Å². The molecule has 39 valence electrons. The van der Waals surface area contributed by atoms with Crippen LogP contribution in [0.25, 0.3) is 0 Å². The van der Waals surface area contributed by atoms with Gasteiger partial charge >= 0.3 is 0 Å². The molecule has 0 amide bonds. The predicted molar refractivity (Wildman–Crippen MR) is 22.6 cm³/mol. The monoisotopic (exact) mass is 128 g/mol. The molecular weight excluding hydrogens is 119 g/mol. The van der Waals surface area contributed by atoms with Crippen molar-refractivity contribution in [3.63, 3.8) is 0 Å². The molecule has 0 heterocycles. The molecule has 6 heavy (non-hydrogen) atoms. The minimum Gasteiger partial charge on any atom is -0.340 e. The van der Waals surface area contributed by atoms with Crippen LogP contribution in [0.2, 0.25) is 0 Å². The Hall–Kier alpha value is 0.506. The summed E-state index contributed by atoms with van der Waals surface area (Å²) in [6, 6.07) is 0. The Morgan fingerprint density at radius 3 is 1.83 bits per heavy atom. The molecule has 0 spiro atoms. The van der Waals surface area contributed by atoms with Crippen molar-refractivity contribution in [2.75, 3.05) is 0 Å². The van der Waals surface area contributed by atoms with Crippen LogP contribution in [0.5, 0.6) is 0 Å². The first-order chi connectivity index (χ1) is 2.30. The van der Waals surface area contributed by atoms with Gasteiger partial charge in [-0.2, -0.15) is 5.92 Å². The number of hydrogen-bond acceptors (Lipinski definition) is 0. The van der Waals surface area contributed by atoms with Crippen molar-refractivity contribution in [2.24, 2.45) is 11.8 Å². The minimum absolute atomic E-state index is 0. The first-order valence-electron chi connectivity index (χ1n) is 2.14. The second-order valence-corrected chi connectivity index (χ2v) is 1.97. The third kappa shape index (κ3) is 1.31. The summed E-state index contributed by atoms with van der Waals surface area (Å²) in [6.07, 6.45) is 1.36. The molecule has 2 atom stereocenters. The third-order valence-electron chi connectivity index (χ3n) is 1.28. The summed E-state index contributed by atoms with van der Waals surface area (Å²) < 4.78 is 0. The third-order valence-corrected chi connectivity index (χ3v) is 1.28. The molecular formula is C5H9Co-. The largest absolute Gasteiger partial charge is 0.340 e. The molecule has 1 aliphatic carbocycles. The molecule has 0 nitrogen and oxygen atoms in total. The van der Waals surface area contributed by atoms with Crippen LogP contribution < -0.4 is 0 Å². The average molecular weight is 128 g/mol. The zero-order chi connectivity index (χ0) is 3.86. The first-order valence-corrected chi connectivity index (χ1v) is 2.14. The smallest absolute Gasteiger partial charge is 0 e. The molecule has 0 aromatic rings. The maximum Gasteiger partial charge on any atom is 0 e. The van der Waals surface area contributed by atoms with Gasteiger partial charge in [-0.15, -0.1) is 0 Å². The Morgan fingerprint density at radius 2 is 1.83 bits per heavy atom. The van der Waals surface area contributed by atoms with Crippen LogP contribution in [0.3, 0.4) is 0 Å². The van der Waals surface area contributed by atoms with Crippen molar-refractivity contribution in [1.29, 1.82) is 0 Å². The van der Waals surface area contributed by atoms with Gasteiger partial charge in [0.1, 0.15) is 0 Å². The molecule has 0 aliphatic heterocycles. The van der Waals surface area contributed by atoms with Crippen molar-refractivity contribution >= 4 is 0 Å². The Balaban J connectivity index is 0.000000250. The van der Waals surface area contributed by atoms with E-state index in [4.69, 9.17) is 0 Å². The molecule has 1 fully saturated rings. The first kappa shape index (κ1) is 6.51. The van der Waals surface area contributed by atoms with Crippen molar-refractivity contribution in [1.82, 2.24) is 0 Å². The second kappa shape index (κ2) is 1.98. The van der Waals surface area contributed by atoms with Gasteiger partial charge in [0.25, 0.3) is 0 Å². The molecule has 0 saturated heterocycles. The average Bonchev–Trinajstić information content (AvgIpc) is 1.79. The molecule has 1 heteroatoms. The summed E-state index contributed by atoms with van der Waals surface area (Å²) in [5, 5.41) is 0. The fourth-order valence-electron chi connectivity index (χ4n) is 0.399. The summed E-state index contributed by atoms with van der Waals surface area (Å²) in [5.41, 5.74) is 0. The van der Waals surface area contributed by atoms with Crippen LogP contribution in [0.15, 0.2) is 0 Å². The maximum atomic E-state index is 3.83. The SMILES string of the molecule is [CH2-][C@H]1C[C@@H]1C.[Co]. The van der Waals surface area contributed by atoms with Crippen LogP contribution in [-0.2, 0) is 16.8 Å². The van der Waals surface area contributed by atoms with Crippen LogP contribution in [-0.4, -0.2) is 0 Å².